The van der Waals surface area contributed by atoms with Crippen molar-refractivity contribution >= 4 is 17.5 Å². The number of aliphatic hydroxyl groups excluding tert-OH is 1. The Labute approximate surface area is 139 Å². The third-order valence-corrected chi connectivity index (χ3v) is 4.58. The van der Waals surface area contributed by atoms with Crippen molar-refractivity contribution < 1.29 is 9.90 Å². The first kappa shape index (κ1) is 16.0. The van der Waals surface area contributed by atoms with Crippen molar-refractivity contribution in [1.82, 2.24) is 24.9 Å². The lowest BCUT2D eigenvalue weighted by molar-refractivity contribution is -0.123. The van der Waals surface area contributed by atoms with E-state index in [-0.39, 0.29) is 30.5 Å². The molecule has 1 fully saturated rings. The molecule has 0 spiro atoms. The second kappa shape index (κ2) is 6.33. The monoisotopic (exact) mass is 337 g/mol. The van der Waals surface area contributed by atoms with Crippen molar-refractivity contribution in [3.8, 4) is 0 Å². The van der Waals surface area contributed by atoms with Gasteiger partial charge in [-0.05, 0) is 25.7 Å². The van der Waals surface area contributed by atoms with Crippen molar-refractivity contribution in [3.05, 3.63) is 34.9 Å². The Bertz CT molecular complexity index is 685. The zero-order valence-electron chi connectivity index (χ0n) is 13.1. The number of carbonyl (C=O) groups excluding carboxylic acids is 1. The summed E-state index contributed by atoms with van der Waals surface area (Å²) in [6.07, 6.45) is 6.39. The maximum Gasteiger partial charge on any atom is 0.242 e. The Morgan fingerprint density at radius 2 is 2.26 bits per heavy atom. The number of halogens is 1. The average molecular weight is 338 g/mol. The summed E-state index contributed by atoms with van der Waals surface area (Å²) in [5.74, 6) is 0.0838. The normalized spacial score (nSPS) is 21.7. The highest BCUT2D eigenvalue weighted by Crippen LogP contribution is 2.37. The Morgan fingerprint density at radius 3 is 2.78 bits per heavy atom. The molecule has 1 atom stereocenters. The molecule has 0 saturated heterocycles. The fraction of sp³-hybridized carbons (Fsp3) is 0.533. The molecule has 8 heteroatoms. The number of nitrogens with zero attached hydrogens (tertiary/aromatic N) is 4. The summed E-state index contributed by atoms with van der Waals surface area (Å²) >= 11 is 5.96. The molecular weight excluding hydrogens is 318 g/mol. The molecule has 124 valence electrons. The molecule has 0 aromatic carbocycles. The summed E-state index contributed by atoms with van der Waals surface area (Å²) in [5.41, 5.74) is 1.65. The molecule has 1 aliphatic carbocycles. The highest BCUT2D eigenvalue weighted by molar-refractivity contribution is 6.31. The lowest BCUT2D eigenvalue weighted by Gasteiger charge is -2.37. The third kappa shape index (κ3) is 3.56. The first-order valence-corrected chi connectivity index (χ1v) is 7.95. The van der Waals surface area contributed by atoms with Crippen molar-refractivity contribution in [1.29, 1.82) is 0 Å². The number of amides is 1. The van der Waals surface area contributed by atoms with Gasteiger partial charge in [0.2, 0.25) is 5.91 Å². The molecule has 0 aliphatic heterocycles. The summed E-state index contributed by atoms with van der Waals surface area (Å²) in [6, 6.07) is -0.147. The van der Waals surface area contributed by atoms with Crippen LogP contribution < -0.4 is 5.32 Å². The van der Waals surface area contributed by atoms with Crippen molar-refractivity contribution in [2.24, 2.45) is 13.0 Å². The van der Waals surface area contributed by atoms with Crippen LogP contribution in [0.15, 0.2) is 18.6 Å². The number of aryl methyl sites for hydroxylation is 2. The van der Waals surface area contributed by atoms with Crippen molar-refractivity contribution in [2.75, 3.05) is 0 Å². The average Bonchev–Trinajstić information content (AvgIpc) is 3.00. The fourth-order valence-corrected chi connectivity index (χ4v) is 3.07. The molecule has 2 heterocycles. The van der Waals surface area contributed by atoms with E-state index in [2.05, 4.69) is 15.5 Å². The molecule has 0 bridgehead atoms. The number of hydrogen-bond acceptors (Lipinski definition) is 4. The van der Waals surface area contributed by atoms with Crippen LogP contribution >= 0.6 is 11.6 Å². The summed E-state index contributed by atoms with van der Waals surface area (Å²) in [6.45, 7) is 1.91. The molecule has 7 nitrogen and oxygen atoms in total. The number of aliphatic hydroxyl groups is 1. The molecule has 1 saturated carbocycles. The van der Waals surface area contributed by atoms with Gasteiger partial charge in [-0.3, -0.25) is 14.2 Å². The smallest absolute Gasteiger partial charge is 0.242 e. The van der Waals surface area contributed by atoms with E-state index in [1.807, 2.05) is 13.2 Å². The van der Waals surface area contributed by atoms with Gasteiger partial charge in [-0.15, -0.1) is 0 Å². The van der Waals surface area contributed by atoms with Gasteiger partial charge in [-0.1, -0.05) is 11.6 Å². The van der Waals surface area contributed by atoms with Crippen molar-refractivity contribution in [3.63, 3.8) is 0 Å². The summed E-state index contributed by atoms with van der Waals surface area (Å²) in [7, 11) is 1.84. The number of nitrogens with one attached hydrogen (secondary N) is 1. The van der Waals surface area contributed by atoms with Gasteiger partial charge in [0, 0.05) is 25.0 Å². The van der Waals surface area contributed by atoms with Crippen LogP contribution in [0, 0.1) is 12.8 Å². The maximum absolute atomic E-state index is 12.3. The number of rotatable bonds is 5. The van der Waals surface area contributed by atoms with E-state index in [4.69, 9.17) is 11.6 Å². The Morgan fingerprint density at radius 1 is 1.52 bits per heavy atom. The summed E-state index contributed by atoms with van der Waals surface area (Å²) in [5, 5.41) is 21.5. The Balaban J connectivity index is 1.69. The topological polar surface area (TPSA) is 85.0 Å². The second-order valence-corrected chi connectivity index (χ2v) is 6.55. The van der Waals surface area contributed by atoms with Gasteiger partial charge in [0.25, 0.3) is 0 Å². The first-order valence-electron chi connectivity index (χ1n) is 7.58. The van der Waals surface area contributed by atoms with Gasteiger partial charge in [-0.2, -0.15) is 10.2 Å². The lowest BCUT2D eigenvalue weighted by Crippen LogP contribution is -2.42. The van der Waals surface area contributed by atoms with E-state index in [0.717, 1.165) is 5.56 Å². The molecule has 2 aromatic heterocycles. The molecule has 23 heavy (non-hydrogen) atoms. The van der Waals surface area contributed by atoms with Crippen LogP contribution in [-0.4, -0.2) is 36.7 Å². The van der Waals surface area contributed by atoms with Crippen LogP contribution in [-0.2, 0) is 18.4 Å². The van der Waals surface area contributed by atoms with Gasteiger partial charge < -0.3 is 10.4 Å². The van der Waals surface area contributed by atoms with E-state index in [0.29, 0.717) is 23.6 Å². The summed E-state index contributed by atoms with van der Waals surface area (Å²) < 4.78 is 3.24. The second-order valence-electron chi connectivity index (χ2n) is 6.14. The predicted octanol–water partition coefficient (Wildman–Crippen LogP) is 1.21. The van der Waals surface area contributed by atoms with E-state index < -0.39 is 0 Å². The van der Waals surface area contributed by atoms with Gasteiger partial charge in [0.05, 0.1) is 29.1 Å². The number of carbonyl (C=O) groups is 1. The third-order valence-electron chi connectivity index (χ3n) is 4.21. The van der Waals surface area contributed by atoms with Crippen LogP contribution in [0.2, 0.25) is 5.02 Å². The Kier molecular flexibility index (Phi) is 4.41. The van der Waals surface area contributed by atoms with Crippen molar-refractivity contribution in [2.45, 2.75) is 38.5 Å². The minimum Gasteiger partial charge on any atom is -0.393 e. The zero-order chi connectivity index (χ0) is 16.6. The van der Waals surface area contributed by atoms with Crippen LogP contribution in [0.4, 0.5) is 0 Å². The SMILES string of the molecule is Cc1nn(CC(=O)N[C@@H](c2cnn(C)c2)C2CC(O)C2)cc1Cl. The standard InChI is InChI=1S/C15H20ClN5O2/c1-9-13(16)7-21(19-9)8-14(23)18-15(10-3-12(22)4-10)11-5-17-20(2)6-11/h5-7,10,12,15,22H,3-4,8H2,1-2H3,(H,18,23)/t10?,12?,15-/m1/s1. The van der Waals surface area contributed by atoms with Crippen LogP contribution in [0.3, 0.4) is 0 Å². The van der Waals surface area contributed by atoms with E-state index in [9.17, 15) is 9.90 Å². The van der Waals surface area contributed by atoms with Crippen LogP contribution in [0.1, 0.15) is 30.1 Å². The molecule has 0 radical (unpaired) electrons. The van der Waals surface area contributed by atoms with Gasteiger partial charge >= 0.3 is 0 Å². The molecule has 3 rings (SSSR count). The number of aromatic nitrogens is 4. The van der Waals surface area contributed by atoms with Gasteiger partial charge in [0.1, 0.15) is 6.54 Å². The van der Waals surface area contributed by atoms with Gasteiger partial charge in [-0.25, -0.2) is 0 Å². The number of hydrogen-bond donors (Lipinski definition) is 2. The zero-order valence-corrected chi connectivity index (χ0v) is 13.9. The van der Waals surface area contributed by atoms with Crippen LogP contribution in [0.5, 0.6) is 0 Å². The highest BCUT2D eigenvalue weighted by atomic mass is 35.5. The van der Waals surface area contributed by atoms with E-state index in [1.165, 1.54) is 4.68 Å². The maximum atomic E-state index is 12.3. The molecule has 2 N–H and O–H groups in total. The summed E-state index contributed by atoms with van der Waals surface area (Å²) in [4.78, 5) is 12.3. The molecule has 2 aromatic rings. The van der Waals surface area contributed by atoms with E-state index >= 15 is 0 Å². The molecular formula is C15H20ClN5O2. The molecule has 1 aliphatic rings. The van der Waals surface area contributed by atoms with Crippen LogP contribution in [0.25, 0.3) is 0 Å². The largest absolute Gasteiger partial charge is 0.393 e. The highest BCUT2D eigenvalue weighted by Gasteiger charge is 2.36. The fourth-order valence-electron chi connectivity index (χ4n) is 2.92. The Hall–Kier alpha value is -1.86. The predicted molar refractivity (Wildman–Crippen MR) is 84.8 cm³/mol. The minimum atomic E-state index is -0.274. The molecule has 0 unspecified atom stereocenters. The van der Waals surface area contributed by atoms with Gasteiger partial charge in [0.15, 0.2) is 0 Å². The first-order chi connectivity index (χ1) is 10.9. The van der Waals surface area contributed by atoms with E-state index in [1.54, 1.807) is 24.0 Å². The quantitative estimate of drug-likeness (QED) is 0.858. The lowest BCUT2D eigenvalue weighted by atomic mass is 9.75. The molecule has 1 amide bonds. The minimum absolute atomic E-state index is 0.111.